The highest BCUT2D eigenvalue weighted by atomic mass is 79.9. The number of hydrogen-bond donors (Lipinski definition) is 2. The quantitative estimate of drug-likeness (QED) is 0.706. The highest BCUT2D eigenvalue weighted by Crippen LogP contribution is 2.32. The Bertz CT molecular complexity index is 804. The van der Waals surface area contributed by atoms with Gasteiger partial charge in [-0.3, -0.25) is 4.72 Å². The van der Waals surface area contributed by atoms with Gasteiger partial charge in [0.1, 0.15) is 10.6 Å². The third-order valence-electron chi connectivity index (χ3n) is 2.90. The van der Waals surface area contributed by atoms with Gasteiger partial charge in [-0.05, 0) is 65.2 Å². The number of phenols is 1. The zero-order valence-corrected chi connectivity index (χ0v) is 15.3. The van der Waals surface area contributed by atoms with E-state index in [1.807, 2.05) is 13.8 Å². The van der Waals surface area contributed by atoms with Gasteiger partial charge in [0.2, 0.25) is 0 Å². The normalized spacial score (nSPS) is 11.4. The van der Waals surface area contributed by atoms with Gasteiger partial charge in [0.15, 0.2) is 0 Å². The van der Waals surface area contributed by atoms with Crippen molar-refractivity contribution in [2.24, 2.45) is 0 Å². The van der Waals surface area contributed by atoms with Crippen molar-refractivity contribution in [3.8, 4) is 5.75 Å². The van der Waals surface area contributed by atoms with Gasteiger partial charge < -0.3 is 5.11 Å². The molecule has 0 unspecified atom stereocenters. The van der Waals surface area contributed by atoms with E-state index >= 15 is 0 Å². The van der Waals surface area contributed by atoms with Gasteiger partial charge in [-0.1, -0.05) is 22.0 Å². The molecule has 0 heterocycles. The number of rotatable bonds is 3. The van der Waals surface area contributed by atoms with E-state index in [1.54, 1.807) is 12.1 Å². The molecule has 112 valence electrons. The van der Waals surface area contributed by atoms with Crippen LogP contribution in [0.5, 0.6) is 5.75 Å². The van der Waals surface area contributed by atoms with E-state index in [0.29, 0.717) is 8.95 Å². The minimum atomic E-state index is -3.81. The molecular formula is C14H13Br2NO3S. The Hall–Kier alpha value is -1.05. The van der Waals surface area contributed by atoms with Crippen LogP contribution in [0.25, 0.3) is 0 Å². The Morgan fingerprint density at radius 2 is 1.71 bits per heavy atom. The Kier molecular flexibility index (Phi) is 4.65. The summed E-state index contributed by atoms with van der Waals surface area (Å²) < 4.78 is 28.4. The van der Waals surface area contributed by atoms with Crippen molar-refractivity contribution in [1.82, 2.24) is 0 Å². The molecule has 0 saturated carbocycles. The number of aryl methyl sites for hydroxylation is 2. The van der Waals surface area contributed by atoms with Crippen LogP contribution in [0.4, 0.5) is 5.69 Å². The molecule has 2 aromatic rings. The zero-order chi connectivity index (χ0) is 15.8. The van der Waals surface area contributed by atoms with Gasteiger partial charge in [0, 0.05) is 8.95 Å². The molecule has 0 atom stereocenters. The number of sulfonamides is 1. The molecule has 0 aliphatic rings. The van der Waals surface area contributed by atoms with Crippen LogP contribution in [-0.4, -0.2) is 13.5 Å². The van der Waals surface area contributed by atoms with Crippen LogP contribution >= 0.6 is 31.9 Å². The third-order valence-corrected chi connectivity index (χ3v) is 6.08. The van der Waals surface area contributed by atoms with Crippen molar-refractivity contribution in [2.45, 2.75) is 18.7 Å². The highest BCUT2D eigenvalue weighted by Gasteiger charge is 2.20. The summed E-state index contributed by atoms with van der Waals surface area (Å²) in [6, 6.07) is 7.98. The minimum Gasteiger partial charge on any atom is -0.506 e. The van der Waals surface area contributed by atoms with Crippen molar-refractivity contribution >= 4 is 47.6 Å². The third kappa shape index (κ3) is 3.59. The van der Waals surface area contributed by atoms with Gasteiger partial charge in [-0.2, -0.15) is 0 Å². The molecule has 0 amide bonds. The average molecular weight is 435 g/mol. The molecule has 0 radical (unpaired) electrons. The largest absolute Gasteiger partial charge is 0.506 e. The van der Waals surface area contributed by atoms with Gasteiger partial charge in [0.05, 0.1) is 5.69 Å². The lowest BCUT2D eigenvalue weighted by Crippen LogP contribution is -2.14. The van der Waals surface area contributed by atoms with Crippen molar-refractivity contribution in [2.75, 3.05) is 4.72 Å². The molecular weight excluding hydrogens is 422 g/mol. The fourth-order valence-electron chi connectivity index (χ4n) is 1.76. The zero-order valence-electron chi connectivity index (χ0n) is 11.3. The summed E-state index contributed by atoms with van der Waals surface area (Å²) in [6.45, 7) is 3.68. The van der Waals surface area contributed by atoms with Crippen molar-refractivity contribution < 1.29 is 13.5 Å². The summed E-state index contributed by atoms with van der Waals surface area (Å²) in [4.78, 5) is 0.0972. The number of benzene rings is 2. The first-order valence-electron chi connectivity index (χ1n) is 5.99. The molecule has 0 bridgehead atoms. The van der Waals surface area contributed by atoms with E-state index in [0.717, 1.165) is 11.1 Å². The number of aromatic hydroxyl groups is 1. The van der Waals surface area contributed by atoms with Gasteiger partial charge in [-0.15, -0.1) is 0 Å². The summed E-state index contributed by atoms with van der Waals surface area (Å²) in [5, 5.41) is 9.82. The van der Waals surface area contributed by atoms with Crippen LogP contribution in [0.15, 0.2) is 44.2 Å². The topological polar surface area (TPSA) is 66.4 Å². The Balaban J connectivity index is 2.46. The summed E-state index contributed by atoms with van der Waals surface area (Å²) in [7, 11) is -3.81. The maximum absolute atomic E-state index is 12.5. The first-order chi connectivity index (χ1) is 9.70. The maximum atomic E-state index is 12.5. The second kappa shape index (κ2) is 5.98. The Labute approximate surface area is 140 Å². The SMILES string of the molecule is Cc1ccc(NS(=O)(=O)c2cc(Br)c(C)cc2Br)c(O)c1. The van der Waals surface area contributed by atoms with E-state index in [9.17, 15) is 13.5 Å². The average Bonchev–Trinajstić information content (AvgIpc) is 2.37. The van der Waals surface area contributed by atoms with Crippen LogP contribution in [0.2, 0.25) is 0 Å². The van der Waals surface area contributed by atoms with Crippen LogP contribution in [0.3, 0.4) is 0 Å². The summed E-state index contributed by atoms with van der Waals surface area (Å²) in [5.74, 6) is -0.110. The highest BCUT2D eigenvalue weighted by molar-refractivity contribution is 9.11. The Morgan fingerprint density at radius 1 is 1.05 bits per heavy atom. The smallest absolute Gasteiger partial charge is 0.263 e. The predicted molar refractivity (Wildman–Crippen MR) is 90.2 cm³/mol. The van der Waals surface area contributed by atoms with Gasteiger partial charge >= 0.3 is 0 Å². The van der Waals surface area contributed by atoms with Crippen molar-refractivity contribution in [3.05, 3.63) is 50.4 Å². The minimum absolute atomic E-state index is 0.0972. The fourth-order valence-corrected chi connectivity index (χ4v) is 4.51. The van der Waals surface area contributed by atoms with Gasteiger partial charge in [-0.25, -0.2) is 8.42 Å². The molecule has 2 N–H and O–H groups in total. The van der Waals surface area contributed by atoms with Crippen molar-refractivity contribution in [3.63, 3.8) is 0 Å². The number of halogens is 2. The molecule has 0 aromatic heterocycles. The molecule has 0 fully saturated rings. The van der Waals surface area contributed by atoms with Crippen molar-refractivity contribution in [1.29, 1.82) is 0 Å². The molecule has 7 heteroatoms. The molecule has 21 heavy (non-hydrogen) atoms. The Morgan fingerprint density at radius 3 is 2.33 bits per heavy atom. The molecule has 2 rings (SSSR count). The number of hydrogen-bond acceptors (Lipinski definition) is 3. The summed E-state index contributed by atoms with van der Waals surface area (Å²) >= 11 is 6.58. The molecule has 2 aromatic carbocycles. The van der Waals surface area contributed by atoms with E-state index in [2.05, 4.69) is 36.6 Å². The summed E-state index contributed by atoms with van der Waals surface area (Å²) in [6.07, 6.45) is 0. The molecule has 0 saturated heterocycles. The standard InChI is InChI=1S/C14H13Br2NO3S/c1-8-3-4-12(13(18)5-8)17-21(19,20)14-7-10(15)9(2)6-11(14)16/h3-7,17-18H,1-2H3. The number of anilines is 1. The van der Waals surface area contributed by atoms with E-state index < -0.39 is 10.0 Å². The molecule has 0 spiro atoms. The van der Waals surface area contributed by atoms with Crippen LogP contribution < -0.4 is 4.72 Å². The molecule has 4 nitrogen and oxygen atoms in total. The number of phenolic OH excluding ortho intramolecular Hbond substituents is 1. The monoisotopic (exact) mass is 433 g/mol. The number of nitrogens with one attached hydrogen (secondary N) is 1. The maximum Gasteiger partial charge on any atom is 0.263 e. The fraction of sp³-hybridized carbons (Fsp3) is 0.143. The van der Waals surface area contributed by atoms with Crippen LogP contribution in [0.1, 0.15) is 11.1 Å². The lowest BCUT2D eigenvalue weighted by molar-refractivity contribution is 0.477. The second-order valence-electron chi connectivity index (χ2n) is 4.66. The van der Waals surface area contributed by atoms with E-state index in [1.165, 1.54) is 18.2 Å². The predicted octanol–water partition coefficient (Wildman–Crippen LogP) is 4.33. The molecule has 0 aliphatic heterocycles. The lowest BCUT2D eigenvalue weighted by Gasteiger charge is -2.12. The first-order valence-corrected chi connectivity index (χ1v) is 9.06. The first kappa shape index (κ1) is 16.3. The van der Waals surface area contributed by atoms with E-state index in [4.69, 9.17) is 0 Å². The second-order valence-corrected chi connectivity index (χ2v) is 8.02. The lowest BCUT2D eigenvalue weighted by atomic mass is 10.2. The van der Waals surface area contributed by atoms with Crippen LogP contribution in [-0.2, 0) is 10.0 Å². The van der Waals surface area contributed by atoms with E-state index in [-0.39, 0.29) is 16.3 Å². The molecule has 0 aliphatic carbocycles. The van der Waals surface area contributed by atoms with Crippen LogP contribution in [0, 0.1) is 13.8 Å². The van der Waals surface area contributed by atoms with Gasteiger partial charge in [0.25, 0.3) is 10.0 Å². The summed E-state index contributed by atoms with van der Waals surface area (Å²) in [5.41, 5.74) is 1.90.